The molecule has 4 heteroatoms. The summed E-state index contributed by atoms with van der Waals surface area (Å²) in [6.07, 6.45) is 0. The maximum absolute atomic E-state index is 6.46. The van der Waals surface area contributed by atoms with Crippen molar-refractivity contribution in [3.63, 3.8) is 0 Å². The zero-order chi connectivity index (χ0) is 38.2. The first-order valence-electron chi connectivity index (χ1n) is 19.6. The van der Waals surface area contributed by atoms with Crippen LogP contribution < -0.4 is 4.90 Å². The van der Waals surface area contributed by atoms with Crippen LogP contribution in [0.1, 0.15) is 0 Å². The van der Waals surface area contributed by atoms with Crippen molar-refractivity contribution < 1.29 is 4.42 Å². The Morgan fingerprint density at radius 2 is 1.02 bits per heavy atom. The van der Waals surface area contributed by atoms with Crippen molar-refractivity contribution >= 4 is 82.6 Å². The van der Waals surface area contributed by atoms with E-state index in [0.717, 1.165) is 83.4 Å². The second-order valence-electron chi connectivity index (χ2n) is 14.8. The molecular weight excluding hydrogens is 707 g/mol. The number of para-hydroxylation sites is 4. The summed E-state index contributed by atoms with van der Waals surface area (Å²) in [5.74, 6) is 0. The molecule has 0 unspecified atom stereocenters. The quantitative estimate of drug-likeness (QED) is 0.170. The van der Waals surface area contributed by atoms with Gasteiger partial charge < -0.3 is 18.5 Å². The average molecular weight is 740 g/mol. The predicted molar refractivity (Wildman–Crippen MR) is 240 cm³/mol. The fourth-order valence-corrected chi connectivity index (χ4v) is 8.99. The third-order valence-corrected chi connectivity index (χ3v) is 11.6. The van der Waals surface area contributed by atoms with Crippen molar-refractivity contribution in [3.05, 3.63) is 212 Å². The first-order chi connectivity index (χ1) is 28.8. The molecule has 0 amide bonds. The molecule has 270 valence electrons. The zero-order valence-electron chi connectivity index (χ0n) is 31.3. The van der Waals surface area contributed by atoms with Crippen LogP contribution in [0, 0.1) is 12.1 Å². The van der Waals surface area contributed by atoms with Gasteiger partial charge in [-0.3, -0.25) is 0 Å². The van der Waals surface area contributed by atoms with E-state index in [-0.39, 0.29) is 0 Å². The molecule has 3 aromatic heterocycles. The lowest BCUT2D eigenvalue weighted by Crippen LogP contribution is -2.10. The Kier molecular flexibility index (Phi) is 7.11. The zero-order valence-corrected chi connectivity index (χ0v) is 31.3. The van der Waals surface area contributed by atoms with Crippen LogP contribution >= 0.6 is 0 Å². The molecule has 3 heterocycles. The highest BCUT2D eigenvalue weighted by Gasteiger charge is 2.22. The van der Waals surface area contributed by atoms with Gasteiger partial charge in [0.1, 0.15) is 11.2 Å². The minimum Gasteiger partial charge on any atom is -0.456 e. The van der Waals surface area contributed by atoms with Crippen molar-refractivity contribution in [2.75, 3.05) is 4.90 Å². The number of anilines is 3. The number of nitrogens with zero attached hydrogens (tertiary/aromatic N) is 3. The minimum atomic E-state index is 0.860. The third-order valence-electron chi connectivity index (χ3n) is 11.6. The van der Waals surface area contributed by atoms with E-state index >= 15 is 0 Å². The number of rotatable bonds is 6. The van der Waals surface area contributed by atoms with Gasteiger partial charge in [0.05, 0.1) is 33.1 Å². The number of furan rings is 1. The molecule has 0 N–H and O–H groups in total. The normalized spacial score (nSPS) is 11.7. The Morgan fingerprint density at radius 1 is 0.414 bits per heavy atom. The summed E-state index contributed by atoms with van der Waals surface area (Å²) in [6.45, 7) is 0. The van der Waals surface area contributed by atoms with Crippen LogP contribution in [0.2, 0.25) is 0 Å². The van der Waals surface area contributed by atoms with Crippen LogP contribution in [0.3, 0.4) is 0 Å². The van der Waals surface area contributed by atoms with Gasteiger partial charge >= 0.3 is 0 Å². The highest BCUT2D eigenvalue weighted by Crippen LogP contribution is 2.45. The fraction of sp³-hybridized carbons (Fsp3) is 0. The molecule has 0 aliphatic heterocycles. The van der Waals surface area contributed by atoms with Gasteiger partial charge in [-0.05, 0) is 102 Å². The number of fused-ring (bicyclic) bond motifs is 9. The maximum Gasteiger partial charge on any atom is 0.137 e. The standard InChI is InChI=1S/C54H33N3O/c1-2-13-38(14-3-1)57-49-21-10-6-18-46(49)54-50(22-12-23-51(54)57)55(41-33-34-45-44-17-7-11-24-52(44)58-53(45)35-41)39-29-25-36(26-30-39)37-27-31-40(32-28-37)56-47-19-8-4-15-42(47)43-16-5-9-20-48(43)56/h1-4,6-15,17-35H. The summed E-state index contributed by atoms with van der Waals surface area (Å²) in [4.78, 5) is 2.38. The van der Waals surface area contributed by atoms with Crippen molar-refractivity contribution in [3.8, 4) is 22.5 Å². The molecule has 0 saturated heterocycles. The summed E-state index contributed by atoms with van der Waals surface area (Å²) >= 11 is 0. The van der Waals surface area contributed by atoms with Crippen molar-refractivity contribution in [1.29, 1.82) is 0 Å². The van der Waals surface area contributed by atoms with Gasteiger partial charge in [-0.2, -0.15) is 0 Å². The van der Waals surface area contributed by atoms with Crippen molar-refractivity contribution in [2.24, 2.45) is 0 Å². The van der Waals surface area contributed by atoms with Crippen LogP contribution in [-0.4, -0.2) is 9.13 Å². The fourth-order valence-electron chi connectivity index (χ4n) is 8.99. The lowest BCUT2D eigenvalue weighted by Gasteiger charge is -2.27. The molecule has 0 fully saturated rings. The lowest BCUT2D eigenvalue weighted by atomic mass is 10.0. The van der Waals surface area contributed by atoms with E-state index in [0.29, 0.717) is 0 Å². The van der Waals surface area contributed by atoms with Crippen LogP contribution in [0.15, 0.2) is 205 Å². The van der Waals surface area contributed by atoms with E-state index in [1.807, 2.05) is 18.2 Å². The molecule has 58 heavy (non-hydrogen) atoms. The summed E-state index contributed by atoms with van der Waals surface area (Å²) in [5.41, 5.74) is 14.1. The monoisotopic (exact) mass is 739 g/mol. The number of aromatic nitrogens is 2. The van der Waals surface area contributed by atoms with Crippen LogP contribution in [0.5, 0.6) is 0 Å². The Labute approximate surface area is 334 Å². The van der Waals surface area contributed by atoms with Crippen molar-refractivity contribution in [1.82, 2.24) is 9.13 Å². The Hall–Kier alpha value is -8.00. The van der Waals surface area contributed by atoms with E-state index in [9.17, 15) is 0 Å². The van der Waals surface area contributed by atoms with Gasteiger partial charge in [0.15, 0.2) is 0 Å². The molecule has 0 aliphatic rings. The van der Waals surface area contributed by atoms with Crippen molar-refractivity contribution in [2.45, 2.75) is 0 Å². The molecule has 0 bridgehead atoms. The van der Waals surface area contributed by atoms with Gasteiger partial charge in [0.2, 0.25) is 0 Å². The van der Waals surface area contributed by atoms with Crippen LogP contribution in [0.4, 0.5) is 17.1 Å². The van der Waals surface area contributed by atoms with E-state index in [1.165, 1.54) is 21.7 Å². The first-order valence-corrected chi connectivity index (χ1v) is 19.6. The highest BCUT2D eigenvalue weighted by molar-refractivity contribution is 6.17. The second kappa shape index (κ2) is 12.8. The van der Waals surface area contributed by atoms with Gasteiger partial charge in [0, 0.05) is 55.7 Å². The van der Waals surface area contributed by atoms with Gasteiger partial charge in [0.25, 0.3) is 0 Å². The summed E-state index contributed by atoms with van der Waals surface area (Å²) < 4.78 is 11.1. The van der Waals surface area contributed by atoms with E-state index in [2.05, 4.69) is 208 Å². The molecule has 0 spiro atoms. The van der Waals surface area contributed by atoms with Gasteiger partial charge in [-0.1, -0.05) is 115 Å². The maximum atomic E-state index is 6.46. The molecular formula is C54H33N3O. The number of benzene rings is 8. The third kappa shape index (κ3) is 4.91. The Balaban J connectivity index is 1.01. The molecule has 12 aromatic rings. The van der Waals surface area contributed by atoms with Crippen LogP contribution in [0.25, 0.3) is 88.1 Å². The average Bonchev–Trinajstić information content (AvgIpc) is 3.95. The SMILES string of the molecule is c1ccc2c(c#1)c1ccccc1n2-c1ccc(-c2ccc(N(c3ccc4c(c3)oc3ccccc34)c3cccc4c3c3ccccc3n4-c3ccccc3)cc2)cc1. The highest BCUT2D eigenvalue weighted by atomic mass is 16.3. The van der Waals surface area contributed by atoms with Crippen LogP contribution in [-0.2, 0) is 0 Å². The summed E-state index contributed by atoms with van der Waals surface area (Å²) in [6, 6.07) is 77.7. The Morgan fingerprint density at radius 3 is 1.83 bits per heavy atom. The molecule has 9 aromatic carbocycles. The van der Waals surface area contributed by atoms with Gasteiger partial charge in [-0.15, -0.1) is 0 Å². The molecule has 0 saturated carbocycles. The molecule has 0 aliphatic carbocycles. The molecule has 12 rings (SSSR count). The lowest BCUT2D eigenvalue weighted by molar-refractivity contribution is 0.669. The predicted octanol–water partition coefficient (Wildman–Crippen LogP) is 14.5. The Bertz CT molecular complexity index is 3440. The van der Waals surface area contributed by atoms with Gasteiger partial charge in [-0.25, -0.2) is 0 Å². The smallest absolute Gasteiger partial charge is 0.137 e. The second-order valence-corrected chi connectivity index (χ2v) is 14.8. The van der Waals surface area contributed by atoms with E-state index in [4.69, 9.17) is 4.42 Å². The number of hydrogen-bond acceptors (Lipinski definition) is 2. The summed E-state index contributed by atoms with van der Waals surface area (Å²) in [5, 5.41) is 6.87. The number of hydrogen-bond donors (Lipinski definition) is 0. The molecule has 4 nitrogen and oxygen atoms in total. The topological polar surface area (TPSA) is 26.2 Å². The molecule has 0 radical (unpaired) electrons. The van der Waals surface area contributed by atoms with E-state index in [1.54, 1.807) is 0 Å². The summed E-state index contributed by atoms with van der Waals surface area (Å²) in [7, 11) is 0. The minimum absolute atomic E-state index is 0.860. The first kappa shape index (κ1) is 32.3. The van der Waals surface area contributed by atoms with E-state index < -0.39 is 0 Å². The largest absolute Gasteiger partial charge is 0.456 e. The molecule has 0 atom stereocenters.